The molecule has 2 aromatic rings. The van der Waals surface area contributed by atoms with Crippen molar-refractivity contribution in [2.75, 3.05) is 6.54 Å². The average molecular weight is 271 g/mol. The quantitative estimate of drug-likeness (QED) is 0.848. The summed E-state index contributed by atoms with van der Waals surface area (Å²) in [6.07, 6.45) is 1.73. The Labute approximate surface area is 115 Å². The summed E-state index contributed by atoms with van der Waals surface area (Å²) in [5.74, 6) is -0.288. The third-order valence-corrected chi connectivity index (χ3v) is 3.49. The van der Waals surface area contributed by atoms with Crippen LogP contribution in [-0.2, 0) is 12.8 Å². The van der Waals surface area contributed by atoms with Gasteiger partial charge >= 0.3 is 0 Å². The molecule has 4 nitrogen and oxygen atoms in total. The summed E-state index contributed by atoms with van der Waals surface area (Å²) in [5.41, 5.74) is 1.65. The van der Waals surface area contributed by atoms with Crippen molar-refractivity contribution in [2.45, 2.75) is 12.8 Å². The highest BCUT2D eigenvalue weighted by atomic mass is 32.1. The van der Waals surface area contributed by atoms with E-state index in [1.807, 2.05) is 24.3 Å². The standard InChI is InChI=1S/C14H13N3OS/c15-8-9-16-14(18)12-10-19-13(17-12)7-6-11-4-2-1-3-5-11/h1-5,10H,6-7,9H2,(H,16,18). The molecule has 0 atom stereocenters. The Kier molecular flexibility index (Phi) is 4.65. The molecule has 1 aromatic heterocycles. The summed E-state index contributed by atoms with van der Waals surface area (Å²) >= 11 is 1.48. The predicted molar refractivity (Wildman–Crippen MR) is 73.9 cm³/mol. The van der Waals surface area contributed by atoms with Crippen LogP contribution in [-0.4, -0.2) is 17.4 Å². The topological polar surface area (TPSA) is 65.8 Å². The molecule has 0 aliphatic heterocycles. The maximum absolute atomic E-state index is 11.6. The van der Waals surface area contributed by atoms with Gasteiger partial charge in [-0.3, -0.25) is 4.79 Å². The fourth-order valence-electron chi connectivity index (χ4n) is 1.64. The number of nitrogens with zero attached hydrogens (tertiary/aromatic N) is 2. The molecule has 0 bridgehead atoms. The lowest BCUT2D eigenvalue weighted by Gasteiger charge is -1.98. The number of hydrogen-bond acceptors (Lipinski definition) is 4. The Morgan fingerprint density at radius 2 is 2.11 bits per heavy atom. The van der Waals surface area contributed by atoms with Gasteiger partial charge in [0.05, 0.1) is 11.1 Å². The fraction of sp³-hybridized carbons (Fsp3) is 0.214. The molecule has 1 heterocycles. The summed E-state index contributed by atoms with van der Waals surface area (Å²) in [5, 5.41) is 13.5. The molecule has 5 heteroatoms. The zero-order chi connectivity index (χ0) is 13.5. The van der Waals surface area contributed by atoms with E-state index in [9.17, 15) is 4.79 Å². The van der Waals surface area contributed by atoms with Crippen molar-refractivity contribution in [1.29, 1.82) is 5.26 Å². The van der Waals surface area contributed by atoms with Crippen LogP contribution in [0.15, 0.2) is 35.7 Å². The maximum Gasteiger partial charge on any atom is 0.271 e. The summed E-state index contributed by atoms with van der Waals surface area (Å²) < 4.78 is 0. The molecule has 1 amide bonds. The number of aryl methyl sites for hydroxylation is 2. The van der Waals surface area contributed by atoms with Gasteiger partial charge in [0.25, 0.3) is 5.91 Å². The van der Waals surface area contributed by atoms with E-state index in [0.717, 1.165) is 17.8 Å². The fourth-order valence-corrected chi connectivity index (χ4v) is 2.41. The van der Waals surface area contributed by atoms with Crippen LogP contribution in [0.4, 0.5) is 0 Å². The minimum atomic E-state index is -0.288. The number of benzene rings is 1. The highest BCUT2D eigenvalue weighted by molar-refractivity contribution is 7.09. The zero-order valence-corrected chi connectivity index (χ0v) is 11.1. The van der Waals surface area contributed by atoms with Crippen molar-refractivity contribution in [3.63, 3.8) is 0 Å². The molecule has 0 radical (unpaired) electrons. The second-order valence-corrected chi connectivity index (χ2v) is 4.90. The van der Waals surface area contributed by atoms with Crippen LogP contribution in [0.25, 0.3) is 0 Å². The van der Waals surface area contributed by atoms with E-state index < -0.39 is 0 Å². The smallest absolute Gasteiger partial charge is 0.271 e. The monoisotopic (exact) mass is 271 g/mol. The first-order valence-corrected chi connectivity index (χ1v) is 6.81. The molecule has 0 saturated heterocycles. The van der Waals surface area contributed by atoms with E-state index in [4.69, 9.17) is 5.26 Å². The molecule has 0 aliphatic rings. The Bertz CT molecular complexity index is 586. The van der Waals surface area contributed by atoms with Gasteiger partial charge in [-0.25, -0.2) is 4.98 Å². The molecule has 0 unspecified atom stereocenters. The largest absolute Gasteiger partial charge is 0.338 e. The number of carbonyl (C=O) groups excluding carboxylic acids is 1. The third-order valence-electron chi connectivity index (χ3n) is 2.58. The van der Waals surface area contributed by atoms with Crippen molar-refractivity contribution in [3.05, 3.63) is 52.0 Å². The van der Waals surface area contributed by atoms with Gasteiger partial charge in [0.2, 0.25) is 0 Å². The highest BCUT2D eigenvalue weighted by Crippen LogP contribution is 2.13. The minimum Gasteiger partial charge on any atom is -0.338 e. The Morgan fingerprint density at radius 3 is 2.84 bits per heavy atom. The van der Waals surface area contributed by atoms with E-state index in [-0.39, 0.29) is 12.5 Å². The Hall–Kier alpha value is -2.19. The first-order valence-electron chi connectivity index (χ1n) is 5.93. The van der Waals surface area contributed by atoms with Gasteiger partial charge in [-0.15, -0.1) is 11.3 Å². The van der Waals surface area contributed by atoms with Crippen molar-refractivity contribution in [3.8, 4) is 6.07 Å². The number of rotatable bonds is 5. The van der Waals surface area contributed by atoms with Gasteiger partial charge in [0.15, 0.2) is 0 Å². The van der Waals surface area contributed by atoms with Crippen LogP contribution >= 0.6 is 11.3 Å². The first kappa shape index (κ1) is 13.2. The van der Waals surface area contributed by atoms with Gasteiger partial charge in [-0.1, -0.05) is 30.3 Å². The van der Waals surface area contributed by atoms with Crippen LogP contribution in [0.2, 0.25) is 0 Å². The number of thiazole rings is 1. The Morgan fingerprint density at radius 1 is 1.32 bits per heavy atom. The van der Waals surface area contributed by atoms with Crippen LogP contribution < -0.4 is 5.32 Å². The van der Waals surface area contributed by atoms with Crippen LogP contribution in [0.3, 0.4) is 0 Å². The molecule has 0 aliphatic carbocycles. The van der Waals surface area contributed by atoms with E-state index >= 15 is 0 Å². The summed E-state index contributed by atoms with van der Waals surface area (Å²) in [4.78, 5) is 15.8. The SMILES string of the molecule is N#CCNC(=O)c1csc(CCc2ccccc2)n1. The Balaban J connectivity index is 1.91. The maximum atomic E-state index is 11.6. The van der Waals surface area contributed by atoms with Crippen LogP contribution in [0, 0.1) is 11.3 Å². The molecular formula is C14H13N3OS. The minimum absolute atomic E-state index is 0.00963. The number of aromatic nitrogens is 1. The van der Waals surface area contributed by atoms with E-state index in [2.05, 4.69) is 22.4 Å². The molecule has 96 valence electrons. The number of carbonyl (C=O) groups is 1. The van der Waals surface area contributed by atoms with Gasteiger partial charge < -0.3 is 5.32 Å². The van der Waals surface area contributed by atoms with Gasteiger partial charge in [-0.2, -0.15) is 5.26 Å². The van der Waals surface area contributed by atoms with Gasteiger partial charge in [-0.05, 0) is 12.0 Å². The normalized spacial score (nSPS) is 9.84. The predicted octanol–water partition coefficient (Wildman–Crippen LogP) is 2.18. The van der Waals surface area contributed by atoms with E-state index in [1.54, 1.807) is 5.38 Å². The molecular weight excluding hydrogens is 258 g/mol. The van der Waals surface area contributed by atoms with Gasteiger partial charge in [0.1, 0.15) is 12.2 Å². The number of nitrogens with one attached hydrogen (secondary N) is 1. The van der Waals surface area contributed by atoms with Gasteiger partial charge in [0, 0.05) is 11.8 Å². The summed E-state index contributed by atoms with van der Waals surface area (Å²) in [7, 11) is 0. The van der Waals surface area contributed by atoms with E-state index in [1.165, 1.54) is 16.9 Å². The third kappa shape index (κ3) is 3.90. The highest BCUT2D eigenvalue weighted by Gasteiger charge is 2.09. The van der Waals surface area contributed by atoms with Crippen LogP contribution in [0.5, 0.6) is 0 Å². The second kappa shape index (κ2) is 6.66. The zero-order valence-electron chi connectivity index (χ0n) is 10.3. The molecule has 2 rings (SSSR count). The number of nitriles is 1. The molecule has 19 heavy (non-hydrogen) atoms. The van der Waals surface area contributed by atoms with Crippen molar-refractivity contribution >= 4 is 17.2 Å². The second-order valence-electron chi connectivity index (χ2n) is 3.95. The van der Waals surface area contributed by atoms with Crippen LogP contribution in [0.1, 0.15) is 21.1 Å². The lowest BCUT2D eigenvalue weighted by Crippen LogP contribution is -2.23. The average Bonchev–Trinajstić information content (AvgIpc) is 2.92. The number of hydrogen-bond donors (Lipinski definition) is 1. The first-order chi connectivity index (χ1) is 9.29. The summed E-state index contributed by atoms with van der Waals surface area (Å²) in [6, 6.07) is 12.0. The van der Waals surface area contributed by atoms with Crippen molar-refractivity contribution in [1.82, 2.24) is 10.3 Å². The molecule has 1 aromatic carbocycles. The molecule has 1 N–H and O–H groups in total. The molecule has 0 spiro atoms. The molecule has 0 saturated carbocycles. The number of amides is 1. The summed E-state index contributed by atoms with van der Waals surface area (Å²) in [6.45, 7) is 0.00963. The lowest BCUT2D eigenvalue weighted by molar-refractivity contribution is 0.0954. The molecule has 0 fully saturated rings. The van der Waals surface area contributed by atoms with E-state index in [0.29, 0.717) is 5.69 Å². The van der Waals surface area contributed by atoms with Crippen molar-refractivity contribution in [2.24, 2.45) is 0 Å². The lowest BCUT2D eigenvalue weighted by atomic mass is 10.1. The van der Waals surface area contributed by atoms with Crippen molar-refractivity contribution < 1.29 is 4.79 Å².